The van der Waals surface area contributed by atoms with Gasteiger partial charge in [0, 0.05) is 13.2 Å². The van der Waals surface area contributed by atoms with Crippen molar-refractivity contribution >= 4 is 17.5 Å². The van der Waals surface area contributed by atoms with E-state index in [0.29, 0.717) is 23.5 Å². The molecule has 0 unspecified atom stereocenters. The molecule has 1 aliphatic heterocycles. The summed E-state index contributed by atoms with van der Waals surface area (Å²) in [5.74, 6) is 0.0649. The molecule has 0 aliphatic carbocycles. The molecule has 1 saturated heterocycles. The zero-order chi connectivity index (χ0) is 21.6. The first-order valence-corrected chi connectivity index (χ1v) is 10.3. The van der Waals surface area contributed by atoms with E-state index in [1.54, 1.807) is 24.3 Å². The first kappa shape index (κ1) is 21.8. The van der Waals surface area contributed by atoms with Crippen LogP contribution in [0.2, 0.25) is 0 Å². The van der Waals surface area contributed by atoms with E-state index in [-0.39, 0.29) is 29.9 Å². The van der Waals surface area contributed by atoms with Gasteiger partial charge in [0.2, 0.25) is 0 Å². The number of rotatable bonds is 7. The van der Waals surface area contributed by atoms with Crippen molar-refractivity contribution in [3.63, 3.8) is 0 Å². The monoisotopic (exact) mass is 410 g/mol. The van der Waals surface area contributed by atoms with Crippen LogP contribution in [-0.4, -0.2) is 37.7 Å². The molecule has 2 amide bonds. The Kier molecular flexibility index (Phi) is 7.11. The van der Waals surface area contributed by atoms with Crippen LogP contribution in [0.25, 0.3) is 0 Å². The fourth-order valence-corrected chi connectivity index (χ4v) is 3.28. The van der Waals surface area contributed by atoms with E-state index in [2.05, 4.69) is 31.4 Å². The van der Waals surface area contributed by atoms with Crippen LogP contribution in [0, 0.1) is 0 Å². The van der Waals surface area contributed by atoms with Crippen LogP contribution in [0.3, 0.4) is 0 Å². The Labute approximate surface area is 178 Å². The molecular formula is C24H30N2O4. The van der Waals surface area contributed by atoms with Gasteiger partial charge in [-0.2, -0.15) is 0 Å². The van der Waals surface area contributed by atoms with Gasteiger partial charge in [-0.25, -0.2) is 0 Å². The molecule has 0 saturated carbocycles. The van der Waals surface area contributed by atoms with Gasteiger partial charge in [0.1, 0.15) is 5.75 Å². The van der Waals surface area contributed by atoms with Crippen LogP contribution in [-0.2, 0) is 14.9 Å². The molecule has 2 N–H and O–H groups in total. The maximum Gasteiger partial charge on any atom is 0.262 e. The highest BCUT2D eigenvalue weighted by Gasteiger charge is 2.18. The van der Waals surface area contributed by atoms with Crippen LogP contribution in [0.1, 0.15) is 49.5 Å². The summed E-state index contributed by atoms with van der Waals surface area (Å²) in [7, 11) is 0. The third kappa shape index (κ3) is 6.07. The number of hydrogen-bond donors (Lipinski definition) is 2. The van der Waals surface area contributed by atoms with E-state index in [1.807, 2.05) is 24.3 Å². The van der Waals surface area contributed by atoms with Crippen LogP contribution < -0.4 is 15.4 Å². The van der Waals surface area contributed by atoms with Crippen molar-refractivity contribution in [2.24, 2.45) is 0 Å². The third-order valence-electron chi connectivity index (χ3n) is 5.05. The molecule has 3 rings (SSSR count). The average Bonchev–Trinajstić information content (AvgIpc) is 3.24. The van der Waals surface area contributed by atoms with Crippen molar-refractivity contribution in [3.8, 4) is 5.75 Å². The molecule has 6 nitrogen and oxygen atoms in total. The first-order valence-electron chi connectivity index (χ1n) is 10.3. The van der Waals surface area contributed by atoms with Crippen molar-refractivity contribution in [3.05, 3.63) is 59.7 Å². The molecule has 1 atom stereocenters. The highest BCUT2D eigenvalue weighted by molar-refractivity contribution is 6.04. The molecule has 0 spiro atoms. The largest absolute Gasteiger partial charge is 0.484 e. The molecule has 0 aromatic heterocycles. The minimum Gasteiger partial charge on any atom is -0.484 e. The summed E-state index contributed by atoms with van der Waals surface area (Å²) in [4.78, 5) is 24.9. The van der Waals surface area contributed by atoms with Crippen LogP contribution >= 0.6 is 0 Å². The lowest BCUT2D eigenvalue weighted by Gasteiger charge is -2.19. The Bertz CT molecular complexity index is 866. The number of ether oxygens (including phenoxy) is 2. The molecule has 2 aromatic rings. The van der Waals surface area contributed by atoms with Gasteiger partial charge < -0.3 is 20.1 Å². The highest BCUT2D eigenvalue weighted by atomic mass is 16.5. The van der Waals surface area contributed by atoms with Crippen molar-refractivity contribution in [1.29, 1.82) is 0 Å². The molecule has 2 aromatic carbocycles. The van der Waals surface area contributed by atoms with Crippen molar-refractivity contribution < 1.29 is 19.1 Å². The number of nitrogens with one attached hydrogen (secondary N) is 2. The minimum atomic E-state index is -0.325. The Hall–Kier alpha value is -2.86. The second kappa shape index (κ2) is 9.76. The van der Waals surface area contributed by atoms with Gasteiger partial charge >= 0.3 is 0 Å². The molecule has 6 heteroatoms. The lowest BCUT2D eigenvalue weighted by atomic mass is 9.87. The van der Waals surface area contributed by atoms with Gasteiger partial charge in [0.25, 0.3) is 11.8 Å². The summed E-state index contributed by atoms with van der Waals surface area (Å²) in [6.07, 6.45) is 2.03. The predicted octanol–water partition coefficient (Wildman–Crippen LogP) is 3.91. The van der Waals surface area contributed by atoms with E-state index in [9.17, 15) is 9.59 Å². The van der Waals surface area contributed by atoms with Gasteiger partial charge in [-0.3, -0.25) is 9.59 Å². The Morgan fingerprint density at radius 2 is 1.83 bits per heavy atom. The molecule has 1 aliphatic rings. The van der Waals surface area contributed by atoms with Gasteiger partial charge in [-0.1, -0.05) is 45.0 Å². The van der Waals surface area contributed by atoms with Gasteiger partial charge in [0.15, 0.2) is 6.61 Å². The van der Waals surface area contributed by atoms with Crippen LogP contribution in [0.4, 0.5) is 5.69 Å². The summed E-state index contributed by atoms with van der Waals surface area (Å²) < 4.78 is 11.1. The van der Waals surface area contributed by atoms with E-state index in [1.165, 1.54) is 5.56 Å². The number of benzene rings is 2. The molecule has 30 heavy (non-hydrogen) atoms. The summed E-state index contributed by atoms with van der Waals surface area (Å²) >= 11 is 0. The molecule has 0 radical (unpaired) electrons. The number of para-hydroxylation sites is 1. The van der Waals surface area contributed by atoms with Gasteiger partial charge in [0.05, 0.1) is 17.4 Å². The predicted molar refractivity (Wildman–Crippen MR) is 117 cm³/mol. The van der Waals surface area contributed by atoms with E-state index < -0.39 is 0 Å². The maximum atomic E-state index is 12.5. The highest BCUT2D eigenvalue weighted by Crippen LogP contribution is 2.24. The fourth-order valence-electron chi connectivity index (χ4n) is 3.28. The molecular weight excluding hydrogens is 380 g/mol. The Morgan fingerprint density at radius 1 is 1.10 bits per heavy atom. The fraction of sp³-hybridized carbons (Fsp3) is 0.417. The Balaban J connectivity index is 1.54. The maximum absolute atomic E-state index is 12.5. The zero-order valence-corrected chi connectivity index (χ0v) is 17.9. The normalized spacial score (nSPS) is 16.2. The molecule has 1 heterocycles. The topological polar surface area (TPSA) is 76.7 Å². The third-order valence-corrected chi connectivity index (χ3v) is 5.05. The minimum absolute atomic E-state index is 0.0596. The summed E-state index contributed by atoms with van der Waals surface area (Å²) in [5, 5.41) is 5.65. The number of hydrogen-bond acceptors (Lipinski definition) is 4. The molecule has 1 fully saturated rings. The van der Waals surface area contributed by atoms with Crippen molar-refractivity contribution in [2.45, 2.75) is 45.1 Å². The lowest BCUT2D eigenvalue weighted by molar-refractivity contribution is -0.118. The quantitative estimate of drug-likeness (QED) is 0.726. The number of amides is 2. The number of carbonyl (C=O) groups is 2. The Morgan fingerprint density at radius 3 is 2.50 bits per heavy atom. The van der Waals surface area contributed by atoms with E-state index >= 15 is 0 Å². The van der Waals surface area contributed by atoms with Gasteiger partial charge in [-0.05, 0) is 48.1 Å². The van der Waals surface area contributed by atoms with Crippen molar-refractivity contribution in [2.75, 3.05) is 25.1 Å². The smallest absolute Gasteiger partial charge is 0.262 e. The SMILES string of the molecule is CC(C)(C)c1ccc(OCC(=O)Nc2ccccc2C(=O)NC[C@H]2CCCO2)cc1. The zero-order valence-electron chi connectivity index (χ0n) is 17.9. The summed E-state index contributed by atoms with van der Waals surface area (Å²) in [6, 6.07) is 14.7. The van der Waals surface area contributed by atoms with Gasteiger partial charge in [-0.15, -0.1) is 0 Å². The molecule has 160 valence electrons. The summed E-state index contributed by atoms with van der Waals surface area (Å²) in [5.41, 5.74) is 2.13. The van der Waals surface area contributed by atoms with Crippen molar-refractivity contribution in [1.82, 2.24) is 5.32 Å². The number of carbonyl (C=O) groups excluding carboxylic acids is 2. The van der Waals surface area contributed by atoms with Crippen LogP contribution in [0.5, 0.6) is 5.75 Å². The second-order valence-corrected chi connectivity index (χ2v) is 8.50. The molecule has 0 bridgehead atoms. The second-order valence-electron chi connectivity index (χ2n) is 8.50. The first-order chi connectivity index (χ1) is 14.3. The average molecular weight is 411 g/mol. The summed E-state index contributed by atoms with van der Waals surface area (Å²) in [6.45, 7) is 7.50. The van der Waals surface area contributed by atoms with E-state index in [4.69, 9.17) is 9.47 Å². The lowest BCUT2D eigenvalue weighted by Crippen LogP contribution is -2.32. The van der Waals surface area contributed by atoms with E-state index in [0.717, 1.165) is 19.4 Å². The standard InChI is InChI=1S/C24H30N2O4/c1-24(2,3)17-10-12-18(13-11-17)30-16-22(27)26-21-9-5-4-8-20(21)23(28)25-15-19-7-6-14-29-19/h4-5,8-13,19H,6-7,14-16H2,1-3H3,(H,25,28)(H,26,27)/t19-/m1/s1. The van der Waals surface area contributed by atoms with Crippen LogP contribution in [0.15, 0.2) is 48.5 Å². The number of anilines is 1.